The summed E-state index contributed by atoms with van der Waals surface area (Å²) in [4.78, 5) is 30.4. The Hall–Kier alpha value is -4.01. The first-order valence-corrected chi connectivity index (χ1v) is 15.8. The van der Waals surface area contributed by atoms with E-state index in [1.807, 2.05) is 18.2 Å². The van der Waals surface area contributed by atoms with Gasteiger partial charge in [-0.05, 0) is 49.2 Å². The molecular weight excluding hydrogens is 600 g/mol. The highest BCUT2D eigenvalue weighted by atomic mass is 35.5. The fourth-order valence-electron chi connectivity index (χ4n) is 7.49. The van der Waals surface area contributed by atoms with Crippen LogP contribution in [0.1, 0.15) is 30.5 Å². The minimum atomic E-state index is -1.04. The summed E-state index contributed by atoms with van der Waals surface area (Å²) in [5.41, 5.74) is 2.59. The van der Waals surface area contributed by atoms with Gasteiger partial charge in [-0.3, -0.25) is 9.69 Å². The number of nitrogens with zero attached hydrogens (tertiary/aromatic N) is 7. The van der Waals surface area contributed by atoms with Crippen molar-refractivity contribution in [2.24, 2.45) is 5.92 Å². The number of piperidine rings is 1. The molecule has 2 bridgehead atoms. The van der Waals surface area contributed by atoms with Crippen molar-refractivity contribution in [2.45, 2.75) is 44.3 Å². The third kappa shape index (κ3) is 5.55. The number of nitriles is 1. The van der Waals surface area contributed by atoms with Crippen LogP contribution in [0.4, 0.5) is 20.3 Å². The highest BCUT2D eigenvalue weighted by molar-refractivity contribution is 6.36. The van der Waals surface area contributed by atoms with Crippen LogP contribution in [0, 0.1) is 23.1 Å². The summed E-state index contributed by atoms with van der Waals surface area (Å²) in [7, 11) is 0. The molecule has 3 saturated heterocycles. The maximum atomic E-state index is 14.6. The quantitative estimate of drug-likeness (QED) is 0.341. The van der Waals surface area contributed by atoms with Gasteiger partial charge >= 0.3 is 6.01 Å². The number of amides is 1. The lowest BCUT2D eigenvalue weighted by atomic mass is 10.0. The summed E-state index contributed by atoms with van der Waals surface area (Å²) in [5, 5.41) is 11.1. The molecule has 4 aliphatic rings. The zero-order chi connectivity index (χ0) is 31.2. The van der Waals surface area contributed by atoms with Crippen LogP contribution in [-0.2, 0) is 17.8 Å². The molecule has 1 aromatic heterocycles. The number of carbonyl (C=O) groups is 1. The molecule has 5 heterocycles. The van der Waals surface area contributed by atoms with Crippen LogP contribution in [0.15, 0.2) is 42.7 Å². The van der Waals surface area contributed by atoms with Crippen molar-refractivity contribution in [3.05, 3.63) is 64.8 Å². The number of hydrogen-bond acceptors (Lipinski definition) is 8. The van der Waals surface area contributed by atoms with Gasteiger partial charge in [0.05, 0.1) is 35.8 Å². The fourth-order valence-corrected chi connectivity index (χ4v) is 7.76. The van der Waals surface area contributed by atoms with Crippen LogP contribution in [0.5, 0.6) is 6.01 Å². The molecule has 0 radical (unpaired) electrons. The molecular formula is C33H34ClF2N7O2. The lowest BCUT2D eigenvalue weighted by molar-refractivity contribution is -0.131. The molecule has 3 fully saturated rings. The van der Waals surface area contributed by atoms with Crippen LogP contribution in [-0.4, -0.2) is 83.6 Å². The summed E-state index contributed by atoms with van der Waals surface area (Å²) in [6.07, 6.45) is 3.00. The van der Waals surface area contributed by atoms with Crippen molar-refractivity contribution in [1.82, 2.24) is 19.8 Å². The number of rotatable bonds is 7. The Morgan fingerprint density at radius 1 is 1.11 bits per heavy atom. The maximum absolute atomic E-state index is 14.6. The van der Waals surface area contributed by atoms with Gasteiger partial charge in [0.2, 0.25) is 0 Å². The van der Waals surface area contributed by atoms with Gasteiger partial charge in [-0.25, -0.2) is 8.78 Å². The Kier molecular flexibility index (Phi) is 7.96. The molecule has 0 saturated carbocycles. The Bertz CT molecular complexity index is 1710. The van der Waals surface area contributed by atoms with E-state index in [1.54, 1.807) is 6.07 Å². The van der Waals surface area contributed by atoms with Gasteiger partial charge in [0.1, 0.15) is 18.2 Å². The van der Waals surface area contributed by atoms with Crippen LogP contribution < -0.4 is 14.5 Å². The lowest BCUT2D eigenvalue weighted by Gasteiger charge is -2.42. The highest BCUT2D eigenvalue weighted by Crippen LogP contribution is 2.39. The second-order valence-electron chi connectivity index (χ2n) is 12.4. The maximum Gasteiger partial charge on any atom is 0.318 e. The second-order valence-corrected chi connectivity index (χ2v) is 12.8. The summed E-state index contributed by atoms with van der Waals surface area (Å²) in [6, 6.07) is 11.2. The average molecular weight is 634 g/mol. The summed E-state index contributed by atoms with van der Waals surface area (Å²) >= 11 is 6.49. The van der Waals surface area contributed by atoms with Crippen molar-refractivity contribution in [3.63, 3.8) is 0 Å². The minimum Gasteiger partial charge on any atom is -0.462 e. The zero-order valence-electron chi connectivity index (χ0n) is 24.9. The largest absolute Gasteiger partial charge is 0.462 e. The van der Waals surface area contributed by atoms with Crippen molar-refractivity contribution < 1.29 is 18.3 Å². The van der Waals surface area contributed by atoms with Crippen molar-refractivity contribution in [3.8, 4) is 12.1 Å². The molecule has 4 atom stereocenters. The van der Waals surface area contributed by atoms with Gasteiger partial charge in [0, 0.05) is 55.4 Å². The van der Waals surface area contributed by atoms with E-state index >= 15 is 0 Å². The molecule has 12 heteroatoms. The zero-order valence-corrected chi connectivity index (χ0v) is 25.6. The van der Waals surface area contributed by atoms with E-state index < -0.39 is 23.6 Å². The van der Waals surface area contributed by atoms with Gasteiger partial charge in [-0.1, -0.05) is 36.4 Å². The molecule has 45 heavy (non-hydrogen) atoms. The van der Waals surface area contributed by atoms with E-state index in [0.717, 1.165) is 47.8 Å². The number of hydrogen-bond donors (Lipinski definition) is 0. The first-order chi connectivity index (χ1) is 21.8. The van der Waals surface area contributed by atoms with Crippen LogP contribution >= 0.6 is 11.6 Å². The number of aromatic nitrogens is 2. The van der Waals surface area contributed by atoms with E-state index in [9.17, 15) is 18.8 Å². The number of fused-ring (bicyclic) bond motifs is 4. The smallest absolute Gasteiger partial charge is 0.318 e. The first kappa shape index (κ1) is 29.7. The SMILES string of the molecule is C=C(F)C(=O)N1CCN(c2nc(OC[C@@H]3CC4CCN3C4)nc3c2CCN(c2cccc4ccc(F)c(Cl)c24)C3)C[C@@H]1CC#N. The number of piperazine rings is 1. The van der Waals surface area contributed by atoms with Crippen molar-refractivity contribution in [1.29, 1.82) is 5.26 Å². The van der Waals surface area contributed by atoms with Gasteiger partial charge in [-0.15, -0.1) is 0 Å². The molecule has 0 spiro atoms. The predicted molar refractivity (Wildman–Crippen MR) is 167 cm³/mol. The second kappa shape index (κ2) is 12.1. The normalized spacial score (nSPS) is 24.1. The molecule has 234 valence electrons. The van der Waals surface area contributed by atoms with E-state index in [0.29, 0.717) is 56.5 Å². The Labute approximate surface area is 265 Å². The van der Waals surface area contributed by atoms with Crippen molar-refractivity contribution in [2.75, 3.05) is 55.7 Å². The third-order valence-electron chi connectivity index (χ3n) is 9.72. The molecule has 7 rings (SSSR count). The van der Waals surface area contributed by atoms with Gasteiger partial charge in [0.25, 0.3) is 5.91 Å². The highest BCUT2D eigenvalue weighted by Gasteiger charge is 2.38. The molecule has 3 aromatic rings. The lowest BCUT2D eigenvalue weighted by Crippen LogP contribution is -2.55. The predicted octanol–water partition coefficient (Wildman–Crippen LogP) is 4.87. The van der Waals surface area contributed by atoms with Gasteiger partial charge in [0.15, 0.2) is 5.83 Å². The van der Waals surface area contributed by atoms with Crippen molar-refractivity contribution >= 4 is 39.8 Å². The molecule has 4 aliphatic heterocycles. The van der Waals surface area contributed by atoms with E-state index in [1.165, 1.54) is 17.4 Å². The fraction of sp³-hybridized carbons (Fsp3) is 0.455. The van der Waals surface area contributed by atoms with Gasteiger partial charge < -0.3 is 19.4 Å². The van der Waals surface area contributed by atoms with Crippen LogP contribution in [0.2, 0.25) is 5.02 Å². The molecule has 1 amide bonds. The molecule has 0 aliphatic carbocycles. The Morgan fingerprint density at radius 3 is 2.73 bits per heavy atom. The van der Waals surface area contributed by atoms with E-state index in [-0.39, 0.29) is 24.0 Å². The minimum absolute atomic E-state index is 0.0526. The third-order valence-corrected chi connectivity index (χ3v) is 10.1. The molecule has 9 nitrogen and oxygen atoms in total. The topological polar surface area (TPSA) is 88.8 Å². The average Bonchev–Trinajstić information content (AvgIpc) is 3.68. The number of benzene rings is 2. The number of halogens is 3. The number of anilines is 2. The van der Waals surface area contributed by atoms with E-state index in [4.69, 9.17) is 26.3 Å². The molecule has 2 aromatic carbocycles. The van der Waals surface area contributed by atoms with Gasteiger partial charge in [-0.2, -0.15) is 15.2 Å². The summed E-state index contributed by atoms with van der Waals surface area (Å²) < 4.78 is 34.7. The van der Waals surface area contributed by atoms with Crippen LogP contribution in [0.3, 0.4) is 0 Å². The van der Waals surface area contributed by atoms with Crippen LogP contribution in [0.25, 0.3) is 10.8 Å². The monoisotopic (exact) mass is 633 g/mol. The summed E-state index contributed by atoms with van der Waals surface area (Å²) in [5.74, 6) is -0.858. The Morgan fingerprint density at radius 2 is 1.98 bits per heavy atom. The number of carbonyl (C=O) groups excluding carboxylic acids is 1. The summed E-state index contributed by atoms with van der Waals surface area (Å²) in [6.45, 7) is 7.88. The standard InChI is InChI=1S/C33H34ClF2N7O2/c1-20(35)32(44)43-14-13-42(17-23(43)7-10-37)31-25-9-12-41(28-4-2-3-22-5-6-26(36)30(34)29(22)28)18-27(25)38-33(39-31)45-19-24-15-21-8-11-40(24)16-21/h2-6,21,23-24H,1,7-9,11-19H2/t21?,23-,24-/m0/s1. The number of ether oxygens (including phenoxy) is 1. The first-order valence-electron chi connectivity index (χ1n) is 15.5. The Balaban J connectivity index is 1.22. The van der Waals surface area contributed by atoms with E-state index in [2.05, 4.69) is 27.3 Å². The molecule has 2 unspecified atom stereocenters. The molecule has 0 N–H and O–H groups in total.